The highest BCUT2D eigenvalue weighted by atomic mass is 32.2. The molecule has 0 bridgehead atoms. The average molecular weight is 926 g/mol. The van der Waals surface area contributed by atoms with Gasteiger partial charge in [0.2, 0.25) is 27.4 Å². The Hall–Kier alpha value is -5.68. The van der Waals surface area contributed by atoms with E-state index in [1.165, 1.54) is 11.3 Å². The second-order valence-electron chi connectivity index (χ2n) is 18.7. The fourth-order valence-corrected chi connectivity index (χ4v) is 10.9. The number of nitrogens with zero attached hydrogens (tertiary/aromatic N) is 4. The van der Waals surface area contributed by atoms with Gasteiger partial charge in [0.25, 0.3) is 5.88 Å². The summed E-state index contributed by atoms with van der Waals surface area (Å²) >= 11 is 1.35. The lowest BCUT2D eigenvalue weighted by Gasteiger charge is -2.35. The molecule has 65 heavy (non-hydrogen) atoms. The Balaban J connectivity index is 1.13. The Morgan fingerprint density at radius 2 is 1.80 bits per heavy atom. The summed E-state index contributed by atoms with van der Waals surface area (Å²) in [5.41, 5.74) is 0.701. The van der Waals surface area contributed by atoms with Crippen LogP contribution >= 0.6 is 11.3 Å². The highest BCUT2D eigenvalue weighted by Gasteiger charge is 2.61. The number of para-hydroxylation sites is 1. The number of benzene rings is 2. The summed E-state index contributed by atoms with van der Waals surface area (Å²) in [5.74, 6) is -1.74. The topological polar surface area (TPSA) is 197 Å². The molecule has 2 saturated carbocycles. The van der Waals surface area contributed by atoms with Crippen LogP contribution < -0.4 is 14.2 Å². The molecular formula is C48H55N5O10S2. The van der Waals surface area contributed by atoms with Gasteiger partial charge >= 0.3 is 5.97 Å². The van der Waals surface area contributed by atoms with Crippen molar-refractivity contribution >= 4 is 67.0 Å². The SMILES string of the molecule is C=C[C@@H]1C[C@]1(CC(=O)[C@@H]1C[C@@H](Oc2nc(-c3ccc(OC(C)C)cc3)nc3c2oc2ccccc23)CN1C(=O)[C@@H](Cc1nc(CC(=O)OCC)cs1)C(C)(C)C)C(=O)NS(=O)(=O)C1CC1. The Morgan fingerprint density at radius 1 is 1.06 bits per heavy atom. The van der Waals surface area contributed by atoms with E-state index in [-0.39, 0.29) is 63.1 Å². The molecule has 8 rings (SSSR count). The number of nitrogens with one attached hydrogen (secondary N) is 1. The summed E-state index contributed by atoms with van der Waals surface area (Å²) in [6.45, 7) is 15.6. The predicted molar refractivity (Wildman–Crippen MR) is 245 cm³/mol. The van der Waals surface area contributed by atoms with Crippen molar-refractivity contribution in [1.82, 2.24) is 24.6 Å². The van der Waals surface area contributed by atoms with Crippen molar-refractivity contribution in [2.45, 2.75) is 110 Å². The fourth-order valence-electron chi connectivity index (χ4n) is 8.65. The highest BCUT2D eigenvalue weighted by molar-refractivity contribution is 7.90. The lowest BCUT2D eigenvalue weighted by Crippen LogP contribution is -2.48. The molecule has 15 nitrogen and oxygen atoms in total. The number of ether oxygens (including phenoxy) is 3. The highest BCUT2D eigenvalue weighted by Crippen LogP contribution is 2.57. The molecule has 3 fully saturated rings. The Kier molecular flexibility index (Phi) is 12.7. The van der Waals surface area contributed by atoms with Crippen LogP contribution in [0.5, 0.6) is 11.6 Å². The minimum absolute atomic E-state index is 0.00373. The molecule has 1 aliphatic heterocycles. The van der Waals surface area contributed by atoms with Crippen LogP contribution in [0, 0.1) is 22.7 Å². The van der Waals surface area contributed by atoms with Gasteiger partial charge in [-0.2, -0.15) is 4.98 Å². The number of sulfonamides is 1. The third kappa shape index (κ3) is 9.81. The summed E-state index contributed by atoms with van der Waals surface area (Å²) in [7, 11) is -3.90. The molecule has 2 aliphatic carbocycles. The van der Waals surface area contributed by atoms with Crippen LogP contribution in [0.25, 0.3) is 33.5 Å². The first kappa shape index (κ1) is 45.9. The van der Waals surface area contributed by atoms with Gasteiger partial charge in [0.15, 0.2) is 11.6 Å². The van der Waals surface area contributed by atoms with E-state index < -0.39 is 67.7 Å². The number of hydrogen-bond acceptors (Lipinski definition) is 14. The molecule has 3 aromatic heterocycles. The van der Waals surface area contributed by atoms with E-state index in [2.05, 4.69) is 16.3 Å². The number of furan rings is 1. The molecule has 3 aliphatic rings. The summed E-state index contributed by atoms with van der Waals surface area (Å²) in [6, 6.07) is 13.8. The molecule has 1 N–H and O–H groups in total. The first-order chi connectivity index (χ1) is 30.9. The first-order valence-electron chi connectivity index (χ1n) is 22.1. The number of aromatic nitrogens is 3. The van der Waals surface area contributed by atoms with Gasteiger partial charge in [0.05, 0.1) is 53.1 Å². The van der Waals surface area contributed by atoms with Crippen LogP contribution in [-0.2, 0) is 46.8 Å². The molecule has 17 heteroatoms. The smallest absolute Gasteiger partial charge is 0.311 e. The van der Waals surface area contributed by atoms with Gasteiger partial charge in [0, 0.05) is 41.5 Å². The van der Waals surface area contributed by atoms with Crippen molar-refractivity contribution in [3.8, 4) is 23.0 Å². The number of amides is 2. The van der Waals surface area contributed by atoms with Crippen molar-refractivity contribution in [3.05, 3.63) is 77.3 Å². The van der Waals surface area contributed by atoms with E-state index in [9.17, 15) is 22.8 Å². The van der Waals surface area contributed by atoms with E-state index in [0.717, 1.165) is 5.39 Å². The molecule has 5 aromatic rings. The standard InChI is InChI=1S/C48H55N5O10S2/c1-8-29-23-48(29,46(57)52-65(58,59)33-18-19-33)24-37(54)36-21-32(25-53(36)45(56)35(47(5,6)7)22-39-49-30(26-64-39)20-40(55)60-9-2)62-44-42-41(34-12-10-11-13-38(34)63-42)50-43(51-44)28-14-16-31(17-15-28)61-27(3)4/h8,10-17,26-27,29,32-33,35-36H,1,9,18-25H2,2-7H3,(H,52,57)/t29-,32-,35-,36+,48-/m1/s1. The van der Waals surface area contributed by atoms with Crippen molar-refractivity contribution in [3.63, 3.8) is 0 Å². The van der Waals surface area contributed by atoms with Gasteiger partial charge in [-0.1, -0.05) is 39.0 Å². The Bertz CT molecular complexity index is 2750. The number of carbonyl (C=O) groups is 4. The van der Waals surface area contributed by atoms with Crippen LogP contribution in [0.3, 0.4) is 0 Å². The lowest BCUT2D eigenvalue weighted by molar-refractivity contribution is -0.144. The van der Waals surface area contributed by atoms with Crippen LogP contribution in [0.4, 0.5) is 0 Å². The number of fused-ring (bicyclic) bond motifs is 3. The number of rotatable bonds is 18. The molecule has 0 spiro atoms. The first-order valence-corrected chi connectivity index (χ1v) is 24.6. The van der Waals surface area contributed by atoms with Crippen LogP contribution in [-0.4, -0.2) is 88.5 Å². The van der Waals surface area contributed by atoms with E-state index in [1.807, 2.05) is 83.1 Å². The maximum Gasteiger partial charge on any atom is 0.311 e. The molecule has 2 amide bonds. The number of hydrogen-bond donors (Lipinski definition) is 1. The molecule has 0 radical (unpaired) electrons. The van der Waals surface area contributed by atoms with E-state index >= 15 is 4.79 Å². The van der Waals surface area contributed by atoms with Gasteiger partial charge < -0.3 is 23.5 Å². The zero-order valence-electron chi connectivity index (χ0n) is 37.5. The normalized spacial score (nSPS) is 21.3. The van der Waals surface area contributed by atoms with Gasteiger partial charge in [-0.15, -0.1) is 17.9 Å². The fraction of sp³-hybridized carbons (Fsp3) is 0.479. The van der Waals surface area contributed by atoms with Crippen LogP contribution in [0.1, 0.15) is 84.3 Å². The molecule has 344 valence electrons. The number of allylic oxidation sites excluding steroid dienone is 1. The second-order valence-corrected chi connectivity index (χ2v) is 21.6. The maximum atomic E-state index is 15.1. The maximum absolute atomic E-state index is 15.1. The minimum atomic E-state index is -3.90. The van der Waals surface area contributed by atoms with Gasteiger partial charge in [0.1, 0.15) is 23.0 Å². The number of likely N-dealkylation sites (tertiary alicyclic amines) is 1. The van der Waals surface area contributed by atoms with Gasteiger partial charge in [-0.3, -0.25) is 23.9 Å². The Morgan fingerprint density at radius 3 is 2.46 bits per heavy atom. The monoisotopic (exact) mass is 925 g/mol. The lowest BCUT2D eigenvalue weighted by atomic mass is 9.77. The van der Waals surface area contributed by atoms with Crippen molar-refractivity contribution < 1.29 is 46.2 Å². The van der Waals surface area contributed by atoms with Crippen molar-refractivity contribution in [2.75, 3.05) is 13.2 Å². The molecule has 1 saturated heterocycles. The van der Waals surface area contributed by atoms with E-state index in [1.54, 1.807) is 23.3 Å². The summed E-state index contributed by atoms with van der Waals surface area (Å²) in [4.78, 5) is 72.0. The van der Waals surface area contributed by atoms with E-state index in [0.29, 0.717) is 57.4 Å². The largest absolute Gasteiger partial charge is 0.491 e. The Labute approximate surface area is 382 Å². The zero-order valence-corrected chi connectivity index (χ0v) is 39.1. The van der Waals surface area contributed by atoms with E-state index in [4.69, 9.17) is 28.6 Å². The molecule has 2 aromatic carbocycles. The number of ketones is 1. The number of esters is 1. The molecule has 0 unspecified atom stereocenters. The zero-order chi connectivity index (χ0) is 46.4. The summed E-state index contributed by atoms with van der Waals surface area (Å²) < 4.78 is 52.2. The number of thiazole rings is 1. The third-order valence-electron chi connectivity index (χ3n) is 12.4. The van der Waals surface area contributed by atoms with Gasteiger partial charge in [-0.25, -0.2) is 18.4 Å². The number of carbonyl (C=O) groups excluding carboxylic acids is 4. The average Bonchev–Trinajstić information content (AvgIpc) is 4.09. The van der Waals surface area contributed by atoms with Crippen LogP contribution in [0.15, 0.2) is 71.0 Å². The third-order valence-corrected chi connectivity index (χ3v) is 15.1. The number of Topliss-reactive ketones (excluding diaryl/α,β-unsaturated/α-hetero) is 1. The van der Waals surface area contributed by atoms with Crippen molar-refractivity contribution in [2.24, 2.45) is 22.7 Å². The minimum Gasteiger partial charge on any atom is -0.491 e. The van der Waals surface area contributed by atoms with Crippen molar-refractivity contribution in [1.29, 1.82) is 0 Å². The summed E-state index contributed by atoms with van der Waals surface area (Å²) in [6.07, 6.45) is 1.98. The molecule has 5 atom stereocenters. The summed E-state index contributed by atoms with van der Waals surface area (Å²) in [5, 5.41) is 2.55. The predicted octanol–water partition coefficient (Wildman–Crippen LogP) is 7.41. The quantitative estimate of drug-likeness (QED) is 0.0675. The van der Waals surface area contributed by atoms with Gasteiger partial charge in [-0.05, 0) is 87.8 Å². The molecular weight excluding hydrogens is 871 g/mol. The second kappa shape index (κ2) is 17.9. The molecule has 4 heterocycles. The van der Waals surface area contributed by atoms with Crippen LogP contribution in [0.2, 0.25) is 0 Å².